The molecule has 24 heavy (non-hydrogen) atoms. The highest BCUT2D eigenvalue weighted by atomic mass is 16.5. The number of aromatic nitrogens is 2. The normalized spacial score (nSPS) is 13.8. The van der Waals surface area contributed by atoms with Crippen molar-refractivity contribution in [3.63, 3.8) is 0 Å². The molecule has 1 amide bonds. The maximum atomic E-state index is 12.7. The first-order chi connectivity index (χ1) is 11.7. The lowest BCUT2D eigenvalue weighted by atomic mass is 10.1. The van der Waals surface area contributed by atoms with E-state index in [2.05, 4.69) is 5.10 Å². The topological polar surface area (TPSA) is 47.4 Å². The van der Waals surface area contributed by atoms with Crippen molar-refractivity contribution in [1.29, 1.82) is 0 Å². The lowest BCUT2D eigenvalue weighted by Crippen LogP contribution is -2.33. The second-order valence-corrected chi connectivity index (χ2v) is 6.24. The summed E-state index contributed by atoms with van der Waals surface area (Å²) in [7, 11) is 0. The molecule has 128 valence electrons. The summed E-state index contributed by atoms with van der Waals surface area (Å²) in [5.74, 6) is 1.07. The molecule has 1 aliphatic carbocycles. The summed E-state index contributed by atoms with van der Waals surface area (Å²) in [5.41, 5.74) is 2.16. The van der Waals surface area contributed by atoms with Gasteiger partial charge in [0.2, 0.25) is 5.91 Å². The molecule has 5 nitrogen and oxygen atoms in total. The molecule has 0 atom stereocenters. The van der Waals surface area contributed by atoms with E-state index in [9.17, 15) is 4.79 Å². The van der Waals surface area contributed by atoms with Crippen molar-refractivity contribution in [3.8, 4) is 5.75 Å². The molecule has 5 heteroatoms. The van der Waals surface area contributed by atoms with E-state index in [1.807, 2.05) is 53.8 Å². The lowest BCUT2D eigenvalue weighted by molar-refractivity contribution is -0.132. The van der Waals surface area contributed by atoms with Gasteiger partial charge in [-0.3, -0.25) is 9.48 Å². The third kappa shape index (κ3) is 3.96. The maximum Gasteiger partial charge on any atom is 0.224 e. The largest absolute Gasteiger partial charge is 0.494 e. The van der Waals surface area contributed by atoms with Crippen LogP contribution in [0.1, 0.15) is 37.4 Å². The van der Waals surface area contributed by atoms with E-state index in [1.165, 1.54) is 0 Å². The van der Waals surface area contributed by atoms with Gasteiger partial charge in [-0.1, -0.05) is 18.2 Å². The van der Waals surface area contributed by atoms with Crippen LogP contribution in [0.3, 0.4) is 0 Å². The molecule has 0 aliphatic heterocycles. The highest BCUT2D eigenvalue weighted by Crippen LogP contribution is 2.31. The molecule has 0 radical (unpaired) electrons. The number of amides is 1. The van der Waals surface area contributed by atoms with Crippen LogP contribution in [0.25, 0.3) is 0 Å². The molecular formula is C19H25N3O2. The van der Waals surface area contributed by atoms with Crippen LogP contribution in [0.4, 0.5) is 0 Å². The van der Waals surface area contributed by atoms with Crippen molar-refractivity contribution in [2.75, 3.05) is 6.61 Å². The minimum Gasteiger partial charge on any atom is -0.494 e. The average Bonchev–Trinajstić information content (AvgIpc) is 3.34. The van der Waals surface area contributed by atoms with Gasteiger partial charge in [0.1, 0.15) is 5.75 Å². The van der Waals surface area contributed by atoms with E-state index < -0.39 is 0 Å². The molecule has 2 aromatic rings. The van der Waals surface area contributed by atoms with Crippen molar-refractivity contribution < 1.29 is 9.53 Å². The Morgan fingerprint density at radius 1 is 1.33 bits per heavy atom. The Bertz CT molecular complexity index is 691. The smallest absolute Gasteiger partial charge is 0.224 e. The van der Waals surface area contributed by atoms with Crippen molar-refractivity contribution in [2.24, 2.45) is 0 Å². The molecule has 0 spiro atoms. The number of para-hydroxylation sites is 1. The molecule has 0 bridgehead atoms. The van der Waals surface area contributed by atoms with Crippen LogP contribution in [0.2, 0.25) is 0 Å². The fourth-order valence-electron chi connectivity index (χ4n) is 2.90. The molecule has 1 aromatic heterocycles. The van der Waals surface area contributed by atoms with Gasteiger partial charge in [-0.2, -0.15) is 5.10 Å². The molecule has 0 unspecified atom stereocenters. The number of rotatable bonds is 8. The maximum absolute atomic E-state index is 12.7. The molecular weight excluding hydrogens is 302 g/mol. The highest BCUT2D eigenvalue weighted by Gasteiger charge is 2.32. The Kier molecular flexibility index (Phi) is 5.18. The Hall–Kier alpha value is -2.30. The van der Waals surface area contributed by atoms with E-state index in [0.717, 1.165) is 29.8 Å². The first kappa shape index (κ1) is 16.6. The Balaban J connectivity index is 1.66. The number of ether oxygens (including phenoxy) is 1. The van der Waals surface area contributed by atoms with E-state index in [-0.39, 0.29) is 5.91 Å². The van der Waals surface area contributed by atoms with Gasteiger partial charge < -0.3 is 9.64 Å². The molecule has 3 rings (SSSR count). The second kappa shape index (κ2) is 7.51. The van der Waals surface area contributed by atoms with Gasteiger partial charge in [0, 0.05) is 43.0 Å². The van der Waals surface area contributed by atoms with Gasteiger partial charge in [0.25, 0.3) is 0 Å². The third-order valence-corrected chi connectivity index (χ3v) is 4.39. The molecule has 1 aliphatic rings. The zero-order chi connectivity index (χ0) is 16.9. The van der Waals surface area contributed by atoms with Crippen molar-refractivity contribution in [1.82, 2.24) is 14.7 Å². The van der Waals surface area contributed by atoms with Crippen molar-refractivity contribution in [3.05, 3.63) is 47.8 Å². The van der Waals surface area contributed by atoms with Crippen LogP contribution in [0, 0.1) is 6.92 Å². The summed E-state index contributed by atoms with van der Waals surface area (Å²) in [6.45, 7) is 5.88. The second-order valence-electron chi connectivity index (χ2n) is 6.24. The van der Waals surface area contributed by atoms with Crippen LogP contribution >= 0.6 is 0 Å². The number of benzene rings is 1. The van der Waals surface area contributed by atoms with Gasteiger partial charge in [0.05, 0.1) is 6.61 Å². The van der Waals surface area contributed by atoms with E-state index in [1.54, 1.807) is 6.20 Å². The minimum absolute atomic E-state index is 0.193. The lowest BCUT2D eigenvalue weighted by Gasteiger charge is -2.24. The molecule has 1 fully saturated rings. The van der Waals surface area contributed by atoms with Crippen LogP contribution < -0.4 is 4.74 Å². The monoisotopic (exact) mass is 327 g/mol. The van der Waals surface area contributed by atoms with Crippen molar-refractivity contribution >= 4 is 5.91 Å². The Morgan fingerprint density at radius 3 is 2.79 bits per heavy atom. The fraction of sp³-hybridized carbons (Fsp3) is 0.474. The van der Waals surface area contributed by atoms with Gasteiger partial charge in [-0.25, -0.2) is 0 Å². The first-order valence-electron chi connectivity index (χ1n) is 8.67. The summed E-state index contributed by atoms with van der Waals surface area (Å²) in [6, 6.07) is 10.3. The van der Waals surface area contributed by atoms with Crippen LogP contribution in [-0.4, -0.2) is 33.2 Å². The highest BCUT2D eigenvalue weighted by molar-refractivity contribution is 5.77. The fourth-order valence-corrected chi connectivity index (χ4v) is 2.90. The van der Waals surface area contributed by atoms with Crippen molar-refractivity contribution in [2.45, 2.75) is 52.2 Å². The molecule has 1 heterocycles. The number of nitrogens with zero attached hydrogens (tertiary/aromatic N) is 3. The summed E-state index contributed by atoms with van der Waals surface area (Å²) in [5, 5.41) is 4.26. The number of carbonyl (C=O) groups is 1. The number of hydrogen-bond acceptors (Lipinski definition) is 3. The average molecular weight is 327 g/mol. The standard InChI is InChI=1S/C19H25N3O2/c1-3-24-18-7-5-4-6-16(18)14-21(17-8-9-17)19(23)11-13-22-15(2)10-12-20-22/h4-7,10,12,17H,3,8-9,11,13-14H2,1-2H3. The molecule has 1 aromatic carbocycles. The predicted molar refractivity (Wildman–Crippen MR) is 92.8 cm³/mol. The molecule has 0 N–H and O–H groups in total. The summed E-state index contributed by atoms with van der Waals surface area (Å²) in [4.78, 5) is 14.8. The zero-order valence-electron chi connectivity index (χ0n) is 14.4. The third-order valence-electron chi connectivity index (χ3n) is 4.39. The van der Waals surface area contributed by atoms with E-state index >= 15 is 0 Å². The van der Waals surface area contributed by atoms with Gasteiger partial charge >= 0.3 is 0 Å². The molecule has 0 saturated heterocycles. The summed E-state index contributed by atoms with van der Waals surface area (Å²) in [6.07, 6.45) is 4.46. The van der Waals surface area contributed by atoms with Gasteiger partial charge in [0.15, 0.2) is 0 Å². The summed E-state index contributed by atoms with van der Waals surface area (Å²) < 4.78 is 7.59. The number of aryl methyl sites for hydroxylation is 2. The summed E-state index contributed by atoms with van der Waals surface area (Å²) >= 11 is 0. The first-order valence-corrected chi connectivity index (χ1v) is 8.67. The van der Waals surface area contributed by atoms with Crippen LogP contribution in [-0.2, 0) is 17.9 Å². The number of carbonyl (C=O) groups excluding carboxylic acids is 1. The van der Waals surface area contributed by atoms with E-state index in [0.29, 0.717) is 32.2 Å². The Morgan fingerprint density at radius 2 is 2.12 bits per heavy atom. The zero-order valence-corrected chi connectivity index (χ0v) is 14.4. The van der Waals surface area contributed by atoms with E-state index in [4.69, 9.17) is 4.74 Å². The predicted octanol–water partition coefficient (Wildman–Crippen LogP) is 3.17. The minimum atomic E-state index is 0.193. The Labute approximate surface area is 143 Å². The SMILES string of the molecule is CCOc1ccccc1CN(C(=O)CCn1nccc1C)C1CC1. The van der Waals surface area contributed by atoms with Crippen LogP contribution in [0.5, 0.6) is 5.75 Å². The number of hydrogen-bond donors (Lipinski definition) is 0. The van der Waals surface area contributed by atoms with Crippen LogP contribution in [0.15, 0.2) is 36.5 Å². The van der Waals surface area contributed by atoms with Gasteiger partial charge in [-0.15, -0.1) is 0 Å². The quantitative estimate of drug-likeness (QED) is 0.748. The molecule has 1 saturated carbocycles. The van der Waals surface area contributed by atoms with Gasteiger partial charge in [-0.05, 0) is 38.8 Å².